The molecule has 1 fully saturated rings. The number of hydrogen-bond acceptors (Lipinski definition) is 2. The van der Waals surface area contributed by atoms with Crippen molar-refractivity contribution in [2.24, 2.45) is 11.8 Å². The van der Waals surface area contributed by atoms with Crippen molar-refractivity contribution in [2.45, 2.75) is 46.0 Å². The van der Waals surface area contributed by atoms with E-state index in [1.54, 1.807) is 0 Å². The third-order valence-corrected chi connectivity index (χ3v) is 2.99. The van der Waals surface area contributed by atoms with Gasteiger partial charge in [-0.2, -0.15) is 0 Å². The van der Waals surface area contributed by atoms with E-state index in [4.69, 9.17) is 4.74 Å². The molecule has 1 saturated carbocycles. The predicted molar refractivity (Wildman–Crippen MR) is 61.5 cm³/mol. The Morgan fingerprint density at radius 2 is 2.13 bits per heavy atom. The van der Waals surface area contributed by atoms with Gasteiger partial charge in [0.15, 0.2) is 0 Å². The molecule has 1 aliphatic rings. The van der Waals surface area contributed by atoms with Crippen LogP contribution in [0.15, 0.2) is 12.2 Å². The summed E-state index contributed by atoms with van der Waals surface area (Å²) < 4.78 is 4.91. The fraction of sp³-hybridized carbons (Fsp3) is 0.769. The second-order valence-electron chi connectivity index (χ2n) is 4.54. The maximum atomic E-state index is 10.6. The first-order valence-corrected chi connectivity index (χ1v) is 6.00. The molecule has 0 spiro atoms. The van der Waals surface area contributed by atoms with E-state index in [0.29, 0.717) is 12.5 Å². The largest absolute Gasteiger partial charge is 0.466 e. The van der Waals surface area contributed by atoms with E-state index in [9.17, 15) is 4.79 Å². The zero-order valence-corrected chi connectivity index (χ0v) is 9.87. The van der Waals surface area contributed by atoms with Gasteiger partial charge in [-0.25, -0.2) is 0 Å². The molecule has 2 nitrogen and oxygen atoms in total. The van der Waals surface area contributed by atoms with E-state index in [2.05, 4.69) is 19.1 Å². The Kier molecular flexibility index (Phi) is 5.44. The van der Waals surface area contributed by atoms with Gasteiger partial charge in [-0.1, -0.05) is 31.9 Å². The molecule has 0 aromatic heterocycles. The van der Waals surface area contributed by atoms with Crippen LogP contribution in [0.1, 0.15) is 46.0 Å². The van der Waals surface area contributed by atoms with Crippen LogP contribution in [0.3, 0.4) is 0 Å². The fourth-order valence-electron chi connectivity index (χ4n) is 1.98. The van der Waals surface area contributed by atoms with Crippen molar-refractivity contribution in [2.75, 3.05) is 6.61 Å². The summed E-state index contributed by atoms with van der Waals surface area (Å²) >= 11 is 0. The highest BCUT2D eigenvalue weighted by Gasteiger charge is 2.11. The highest BCUT2D eigenvalue weighted by atomic mass is 16.5. The molecule has 2 heteroatoms. The molecule has 0 aliphatic heterocycles. The molecular weight excluding hydrogens is 188 g/mol. The number of rotatable bonds is 5. The lowest BCUT2D eigenvalue weighted by atomic mass is 10.0. The van der Waals surface area contributed by atoms with Gasteiger partial charge < -0.3 is 4.74 Å². The highest BCUT2D eigenvalue weighted by molar-refractivity contribution is 5.65. The monoisotopic (exact) mass is 210 g/mol. The Bertz CT molecular complexity index is 215. The topological polar surface area (TPSA) is 26.3 Å². The summed E-state index contributed by atoms with van der Waals surface area (Å²) in [6.07, 6.45) is 11.0. The Morgan fingerprint density at radius 3 is 2.73 bits per heavy atom. The Balaban J connectivity index is 2.11. The van der Waals surface area contributed by atoms with Gasteiger partial charge in [-0.05, 0) is 31.1 Å². The first-order chi connectivity index (χ1) is 7.18. The van der Waals surface area contributed by atoms with Gasteiger partial charge in [-0.3, -0.25) is 4.79 Å². The molecule has 1 rings (SSSR count). The number of carbonyl (C=O) groups is 1. The van der Waals surface area contributed by atoms with Crippen molar-refractivity contribution in [3.8, 4) is 0 Å². The van der Waals surface area contributed by atoms with E-state index in [-0.39, 0.29) is 5.97 Å². The SMILES string of the molecule is CC(=O)OCCC(C)C=CC1CCCC1. The summed E-state index contributed by atoms with van der Waals surface area (Å²) in [6.45, 7) is 4.18. The zero-order chi connectivity index (χ0) is 11.1. The van der Waals surface area contributed by atoms with Gasteiger partial charge in [-0.15, -0.1) is 0 Å². The van der Waals surface area contributed by atoms with Crippen molar-refractivity contribution < 1.29 is 9.53 Å². The molecule has 0 saturated heterocycles. The van der Waals surface area contributed by atoms with Gasteiger partial charge in [0, 0.05) is 6.92 Å². The highest BCUT2D eigenvalue weighted by Crippen LogP contribution is 2.26. The van der Waals surface area contributed by atoms with Crippen LogP contribution in [-0.4, -0.2) is 12.6 Å². The first kappa shape index (κ1) is 12.3. The summed E-state index contributed by atoms with van der Waals surface area (Å²) in [6, 6.07) is 0. The summed E-state index contributed by atoms with van der Waals surface area (Å²) in [5.41, 5.74) is 0. The van der Waals surface area contributed by atoms with Crippen molar-refractivity contribution in [3.63, 3.8) is 0 Å². The standard InChI is InChI=1S/C13H22O2/c1-11(9-10-15-12(2)14)7-8-13-5-3-4-6-13/h7-8,11,13H,3-6,9-10H2,1-2H3. The minimum absolute atomic E-state index is 0.179. The summed E-state index contributed by atoms with van der Waals surface area (Å²) in [5.74, 6) is 1.15. The Labute approximate surface area is 92.7 Å². The van der Waals surface area contributed by atoms with Crippen LogP contribution >= 0.6 is 0 Å². The first-order valence-electron chi connectivity index (χ1n) is 6.00. The average molecular weight is 210 g/mol. The van der Waals surface area contributed by atoms with Crippen LogP contribution in [0.25, 0.3) is 0 Å². The normalized spacial score (nSPS) is 19.6. The summed E-state index contributed by atoms with van der Waals surface area (Å²) in [5, 5.41) is 0. The van der Waals surface area contributed by atoms with E-state index in [1.165, 1.54) is 32.6 Å². The minimum atomic E-state index is -0.179. The van der Waals surface area contributed by atoms with Crippen molar-refractivity contribution in [3.05, 3.63) is 12.2 Å². The quantitative estimate of drug-likeness (QED) is 0.514. The average Bonchev–Trinajstić information content (AvgIpc) is 2.66. The molecule has 0 aromatic rings. The lowest BCUT2D eigenvalue weighted by Crippen LogP contribution is -2.04. The molecule has 15 heavy (non-hydrogen) atoms. The number of hydrogen-bond donors (Lipinski definition) is 0. The van der Waals surface area contributed by atoms with Crippen LogP contribution in [0.2, 0.25) is 0 Å². The molecule has 1 unspecified atom stereocenters. The second-order valence-corrected chi connectivity index (χ2v) is 4.54. The smallest absolute Gasteiger partial charge is 0.302 e. The molecular formula is C13H22O2. The molecule has 0 amide bonds. The zero-order valence-electron chi connectivity index (χ0n) is 9.87. The lowest BCUT2D eigenvalue weighted by molar-refractivity contribution is -0.141. The number of carbonyl (C=O) groups excluding carboxylic acids is 1. The van der Waals surface area contributed by atoms with E-state index < -0.39 is 0 Å². The second kappa shape index (κ2) is 6.65. The molecule has 0 N–H and O–H groups in total. The maximum Gasteiger partial charge on any atom is 0.302 e. The molecule has 0 heterocycles. The molecule has 0 radical (unpaired) electrons. The molecule has 0 aromatic carbocycles. The lowest BCUT2D eigenvalue weighted by Gasteiger charge is -2.07. The van der Waals surface area contributed by atoms with Crippen LogP contribution in [-0.2, 0) is 9.53 Å². The Morgan fingerprint density at radius 1 is 1.47 bits per heavy atom. The van der Waals surface area contributed by atoms with Crippen LogP contribution in [0, 0.1) is 11.8 Å². The minimum Gasteiger partial charge on any atom is -0.466 e. The van der Waals surface area contributed by atoms with E-state index >= 15 is 0 Å². The molecule has 86 valence electrons. The third-order valence-electron chi connectivity index (χ3n) is 2.99. The van der Waals surface area contributed by atoms with Crippen LogP contribution < -0.4 is 0 Å². The van der Waals surface area contributed by atoms with Crippen LogP contribution in [0.4, 0.5) is 0 Å². The van der Waals surface area contributed by atoms with Crippen LogP contribution in [0.5, 0.6) is 0 Å². The number of allylic oxidation sites excluding steroid dienone is 2. The molecule has 1 aliphatic carbocycles. The predicted octanol–water partition coefficient (Wildman–Crippen LogP) is 3.32. The van der Waals surface area contributed by atoms with E-state index in [0.717, 1.165) is 12.3 Å². The third kappa shape index (κ3) is 5.60. The molecule has 0 bridgehead atoms. The number of ether oxygens (including phenoxy) is 1. The number of esters is 1. The van der Waals surface area contributed by atoms with E-state index in [1.807, 2.05) is 0 Å². The van der Waals surface area contributed by atoms with Gasteiger partial charge >= 0.3 is 5.97 Å². The van der Waals surface area contributed by atoms with Crippen molar-refractivity contribution in [1.82, 2.24) is 0 Å². The summed E-state index contributed by atoms with van der Waals surface area (Å²) in [7, 11) is 0. The van der Waals surface area contributed by atoms with Gasteiger partial charge in [0.1, 0.15) is 0 Å². The summed E-state index contributed by atoms with van der Waals surface area (Å²) in [4.78, 5) is 10.6. The van der Waals surface area contributed by atoms with Gasteiger partial charge in [0.25, 0.3) is 0 Å². The maximum absolute atomic E-state index is 10.6. The Hall–Kier alpha value is -0.790. The molecule has 1 atom stereocenters. The fourth-order valence-corrected chi connectivity index (χ4v) is 1.98. The van der Waals surface area contributed by atoms with Gasteiger partial charge in [0.05, 0.1) is 6.61 Å². The van der Waals surface area contributed by atoms with Crippen molar-refractivity contribution >= 4 is 5.97 Å². The van der Waals surface area contributed by atoms with Crippen molar-refractivity contribution in [1.29, 1.82) is 0 Å². The van der Waals surface area contributed by atoms with Gasteiger partial charge in [0.2, 0.25) is 0 Å².